The number of ether oxygens (including phenoxy) is 2. The number of fused-ring (bicyclic) bond motifs is 2. The second kappa shape index (κ2) is 8.33. The molecule has 2 aromatic heterocycles. The molecule has 2 aliphatic rings. The van der Waals surface area contributed by atoms with Crippen LogP contribution in [-0.4, -0.2) is 37.7 Å². The quantitative estimate of drug-likeness (QED) is 0.622. The third-order valence-corrected chi connectivity index (χ3v) is 6.34. The van der Waals surface area contributed by atoms with Gasteiger partial charge in [-0.05, 0) is 69.7 Å². The van der Waals surface area contributed by atoms with Gasteiger partial charge in [-0.1, -0.05) is 24.3 Å². The molecule has 5 rings (SSSR count). The van der Waals surface area contributed by atoms with E-state index in [1.807, 2.05) is 55.6 Å². The first-order chi connectivity index (χ1) is 15.8. The molecule has 3 atom stereocenters. The Morgan fingerprint density at radius 3 is 2.64 bits per heavy atom. The molecular formula is C25H31N5O3. The van der Waals surface area contributed by atoms with Gasteiger partial charge in [0.25, 0.3) is 0 Å². The minimum Gasteiger partial charge on any atom is -0.484 e. The second-order valence-electron chi connectivity index (χ2n) is 9.90. The number of rotatable bonds is 3. The average Bonchev–Trinajstić information content (AvgIpc) is 3.41. The zero-order valence-electron chi connectivity index (χ0n) is 19.4. The lowest BCUT2D eigenvalue weighted by Crippen LogP contribution is -2.37. The Labute approximate surface area is 193 Å². The minimum atomic E-state index is -0.545. The monoisotopic (exact) mass is 449 g/mol. The number of nitrogens with zero attached hydrogens (tertiary/aromatic N) is 4. The van der Waals surface area contributed by atoms with Gasteiger partial charge in [0.05, 0.1) is 12.2 Å². The third kappa shape index (κ3) is 4.27. The van der Waals surface area contributed by atoms with Gasteiger partial charge in [0.1, 0.15) is 17.5 Å². The first-order valence-electron chi connectivity index (χ1n) is 11.7. The van der Waals surface area contributed by atoms with Crippen LogP contribution in [-0.2, 0) is 4.74 Å². The molecule has 1 fully saturated rings. The van der Waals surface area contributed by atoms with Gasteiger partial charge in [-0.15, -0.1) is 10.2 Å². The van der Waals surface area contributed by atoms with Gasteiger partial charge in [-0.2, -0.15) is 0 Å². The van der Waals surface area contributed by atoms with E-state index >= 15 is 0 Å². The minimum absolute atomic E-state index is 0.0502. The molecule has 1 amide bonds. The highest BCUT2D eigenvalue weighted by Gasteiger charge is 2.36. The van der Waals surface area contributed by atoms with Crippen molar-refractivity contribution in [3.63, 3.8) is 0 Å². The van der Waals surface area contributed by atoms with Crippen LogP contribution in [0, 0.1) is 0 Å². The molecule has 174 valence electrons. The SMILES string of the molecule is CC(C)(C)OC(=O)N1CCC[C@H]1c1nnc2ccc(O[C@@H]3CC[C@H](N)c4ccccc43)cn12. The van der Waals surface area contributed by atoms with Crippen LogP contribution in [0.25, 0.3) is 5.65 Å². The third-order valence-electron chi connectivity index (χ3n) is 6.34. The first kappa shape index (κ1) is 21.7. The number of nitrogens with two attached hydrogens (primary N) is 1. The fraction of sp³-hybridized carbons (Fsp3) is 0.480. The van der Waals surface area contributed by atoms with Crippen LogP contribution in [0.5, 0.6) is 5.75 Å². The van der Waals surface area contributed by atoms with Crippen LogP contribution in [0.1, 0.15) is 81.6 Å². The van der Waals surface area contributed by atoms with Gasteiger partial charge in [0.15, 0.2) is 11.5 Å². The maximum Gasteiger partial charge on any atom is 0.410 e. The van der Waals surface area contributed by atoms with Crippen LogP contribution >= 0.6 is 0 Å². The summed E-state index contributed by atoms with van der Waals surface area (Å²) in [5.74, 6) is 1.46. The summed E-state index contributed by atoms with van der Waals surface area (Å²) in [6.45, 7) is 6.27. The number of carbonyl (C=O) groups excluding carboxylic acids is 1. The molecule has 2 N–H and O–H groups in total. The van der Waals surface area contributed by atoms with Crippen LogP contribution in [0.15, 0.2) is 42.6 Å². The molecule has 1 aromatic carbocycles. The van der Waals surface area contributed by atoms with E-state index in [1.54, 1.807) is 4.90 Å². The lowest BCUT2D eigenvalue weighted by Gasteiger charge is -2.30. The fourth-order valence-electron chi connectivity index (χ4n) is 4.83. The molecule has 1 saturated heterocycles. The van der Waals surface area contributed by atoms with E-state index in [0.29, 0.717) is 6.54 Å². The molecule has 0 bridgehead atoms. The van der Waals surface area contributed by atoms with Crippen molar-refractivity contribution in [2.24, 2.45) is 5.73 Å². The number of carbonyl (C=O) groups is 1. The highest BCUT2D eigenvalue weighted by Crippen LogP contribution is 2.38. The van der Waals surface area contributed by atoms with E-state index < -0.39 is 5.60 Å². The molecule has 8 nitrogen and oxygen atoms in total. The number of amides is 1. The molecule has 8 heteroatoms. The molecule has 0 radical (unpaired) electrons. The Bertz CT molecular complexity index is 1170. The van der Waals surface area contributed by atoms with Crippen molar-refractivity contribution in [1.82, 2.24) is 19.5 Å². The number of benzene rings is 1. The Hall–Kier alpha value is -3.13. The Balaban J connectivity index is 1.42. The smallest absolute Gasteiger partial charge is 0.410 e. The van der Waals surface area contributed by atoms with Gasteiger partial charge >= 0.3 is 6.09 Å². The Morgan fingerprint density at radius 1 is 1.06 bits per heavy atom. The van der Waals surface area contributed by atoms with Gasteiger partial charge in [0.2, 0.25) is 0 Å². The maximum atomic E-state index is 12.8. The summed E-state index contributed by atoms with van der Waals surface area (Å²) >= 11 is 0. The molecule has 33 heavy (non-hydrogen) atoms. The van der Waals surface area contributed by atoms with Gasteiger partial charge in [0, 0.05) is 12.6 Å². The summed E-state index contributed by atoms with van der Waals surface area (Å²) in [6, 6.07) is 11.9. The molecule has 1 aliphatic heterocycles. The molecule has 0 saturated carbocycles. The largest absolute Gasteiger partial charge is 0.484 e. The summed E-state index contributed by atoms with van der Waals surface area (Å²) in [5, 5.41) is 8.76. The van der Waals surface area contributed by atoms with Crippen LogP contribution in [0.3, 0.4) is 0 Å². The Kier molecular flexibility index (Phi) is 5.48. The van der Waals surface area contributed by atoms with Crippen molar-refractivity contribution in [3.8, 4) is 5.75 Å². The summed E-state index contributed by atoms with van der Waals surface area (Å²) in [7, 11) is 0. The summed E-state index contributed by atoms with van der Waals surface area (Å²) in [5.41, 5.74) is 8.78. The van der Waals surface area contributed by atoms with Crippen molar-refractivity contribution in [2.45, 2.75) is 70.2 Å². The standard InChI is InChI=1S/C25H31N5O3/c1-25(2,3)33-24(31)29-14-6-9-20(29)23-28-27-22-13-10-16(15-30(22)23)32-21-12-11-19(26)17-7-4-5-8-18(17)21/h4-5,7-8,10,13,15,19-21H,6,9,11-12,14,26H2,1-3H3/t19-,20-,21+/m0/s1. The number of aromatic nitrogens is 3. The van der Waals surface area contributed by atoms with Crippen molar-refractivity contribution in [3.05, 3.63) is 59.5 Å². The van der Waals surface area contributed by atoms with Crippen LogP contribution in [0.2, 0.25) is 0 Å². The van der Waals surface area contributed by atoms with E-state index in [9.17, 15) is 4.79 Å². The van der Waals surface area contributed by atoms with Crippen molar-refractivity contribution in [1.29, 1.82) is 0 Å². The van der Waals surface area contributed by atoms with Gasteiger partial charge in [-0.3, -0.25) is 9.30 Å². The van der Waals surface area contributed by atoms with Crippen molar-refractivity contribution >= 4 is 11.7 Å². The number of hydrogen-bond acceptors (Lipinski definition) is 6. The molecular weight excluding hydrogens is 418 g/mol. The zero-order chi connectivity index (χ0) is 23.2. The number of likely N-dealkylation sites (tertiary alicyclic amines) is 1. The van der Waals surface area contributed by atoms with Gasteiger partial charge < -0.3 is 15.2 Å². The normalized spacial score (nSPS) is 22.9. The predicted molar refractivity (Wildman–Crippen MR) is 124 cm³/mol. The second-order valence-corrected chi connectivity index (χ2v) is 9.90. The van der Waals surface area contributed by atoms with Crippen molar-refractivity contribution in [2.75, 3.05) is 6.54 Å². The van der Waals surface area contributed by atoms with E-state index in [4.69, 9.17) is 15.2 Å². The predicted octanol–water partition coefficient (Wildman–Crippen LogP) is 4.72. The molecule has 0 spiro atoms. The summed E-state index contributed by atoms with van der Waals surface area (Å²) in [4.78, 5) is 14.5. The van der Waals surface area contributed by atoms with Crippen LogP contribution in [0.4, 0.5) is 4.79 Å². The van der Waals surface area contributed by atoms with Gasteiger partial charge in [-0.25, -0.2) is 4.79 Å². The maximum absolute atomic E-state index is 12.8. The van der Waals surface area contributed by atoms with E-state index in [0.717, 1.165) is 54.0 Å². The number of pyridine rings is 1. The highest BCUT2D eigenvalue weighted by atomic mass is 16.6. The van der Waals surface area contributed by atoms with E-state index in [-0.39, 0.29) is 24.3 Å². The van der Waals surface area contributed by atoms with E-state index in [2.05, 4.69) is 22.3 Å². The van der Waals surface area contributed by atoms with E-state index in [1.165, 1.54) is 0 Å². The molecule has 3 heterocycles. The number of hydrogen-bond donors (Lipinski definition) is 1. The molecule has 1 aliphatic carbocycles. The fourth-order valence-corrected chi connectivity index (χ4v) is 4.83. The average molecular weight is 450 g/mol. The van der Waals surface area contributed by atoms with Crippen molar-refractivity contribution < 1.29 is 14.3 Å². The van der Waals surface area contributed by atoms with Crippen LogP contribution < -0.4 is 10.5 Å². The summed E-state index contributed by atoms with van der Waals surface area (Å²) < 4.78 is 14.0. The topological polar surface area (TPSA) is 95.0 Å². The zero-order valence-corrected chi connectivity index (χ0v) is 19.4. The first-order valence-corrected chi connectivity index (χ1v) is 11.7. The summed E-state index contributed by atoms with van der Waals surface area (Å²) in [6.07, 6.45) is 5.02. The lowest BCUT2D eigenvalue weighted by atomic mass is 9.86. The molecule has 3 aromatic rings. The Morgan fingerprint density at radius 2 is 1.85 bits per heavy atom. The lowest BCUT2D eigenvalue weighted by molar-refractivity contribution is 0.0217. The highest BCUT2D eigenvalue weighted by molar-refractivity contribution is 5.69. The molecule has 0 unspecified atom stereocenters.